The first kappa shape index (κ1) is 10.9. The Hall–Kier alpha value is -0.570. The molecule has 0 aromatic rings. The summed E-state index contributed by atoms with van der Waals surface area (Å²) >= 11 is 0. The number of carbonyl (C=O) groups is 1. The van der Waals surface area contributed by atoms with E-state index in [9.17, 15) is 4.79 Å². The minimum Gasteiger partial charge on any atom is -0.326 e. The molecule has 0 aromatic carbocycles. The van der Waals surface area contributed by atoms with E-state index in [1.54, 1.807) is 0 Å². The SMILES string of the molecule is CCCCC1NCN(C2CCCC2)C1=O. The first-order valence-corrected chi connectivity index (χ1v) is 6.36. The van der Waals surface area contributed by atoms with Crippen molar-refractivity contribution in [2.45, 2.75) is 64.0 Å². The molecule has 1 atom stereocenters. The Morgan fingerprint density at radius 3 is 2.80 bits per heavy atom. The van der Waals surface area contributed by atoms with Gasteiger partial charge in [0.1, 0.15) is 0 Å². The van der Waals surface area contributed by atoms with E-state index in [-0.39, 0.29) is 6.04 Å². The molecule has 0 radical (unpaired) electrons. The molecule has 3 heteroatoms. The Balaban J connectivity index is 1.85. The summed E-state index contributed by atoms with van der Waals surface area (Å²) in [5.41, 5.74) is 0. The fourth-order valence-electron chi connectivity index (χ4n) is 2.73. The van der Waals surface area contributed by atoms with Crippen molar-refractivity contribution in [1.82, 2.24) is 10.2 Å². The highest BCUT2D eigenvalue weighted by molar-refractivity contribution is 5.84. The highest BCUT2D eigenvalue weighted by Gasteiger charge is 2.35. The van der Waals surface area contributed by atoms with Crippen LogP contribution >= 0.6 is 0 Å². The summed E-state index contributed by atoms with van der Waals surface area (Å²) in [6.45, 7) is 2.96. The number of rotatable bonds is 4. The van der Waals surface area contributed by atoms with Crippen LogP contribution in [0.2, 0.25) is 0 Å². The highest BCUT2D eigenvalue weighted by atomic mass is 16.2. The lowest BCUT2D eigenvalue weighted by Crippen LogP contribution is -2.37. The molecule has 1 amide bonds. The van der Waals surface area contributed by atoms with E-state index in [1.165, 1.54) is 32.1 Å². The molecule has 2 rings (SSSR count). The van der Waals surface area contributed by atoms with Gasteiger partial charge in [0, 0.05) is 6.04 Å². The molecule has 2 fully saturated rings. The van der Waals surface area contributed by atoms with Crippen LogP contribution in [0.4, 0.5) is 0 Å². The second-order valence-electron chi connectivity index (χ2n) is 4.80. The molecular weight excluding hydrogens is 188 g/mol. The lowest BCUT2D eigenvalue weighted by molar-refractivity contribution is -0.130. The van der Waals surface area contributed by atoms with Crippen molar-refractivity contribution >= 4 is 5.91 Å². The van der Waals surface area contributed by atoms with E-state index in [0.717, 1.165) is 19.5 Å². The smallest absolute Gasteiger partial charge is 0.241 e. The molecule has 1 N–H and O–H groups in total. The Labute approximate surface area is 92.2 Å². The number of hydrogen-bond acceptors (Lipinski definition) is 2. The molecule has 86 valence electrons. The summed E-state index contributed by atoms with van der Waals surface area (Å²) < 4.78 is 0. The van der Waals surface area contributed by atoms with E-state index in [4.69, 9.17) is 0 Å². The second kappa shape index (κ2) is 4.97. The normalized spacial score (nSPS) is 27.9. The molecule has 15 heavy (non-hydrogen) atoms. The number of hydrogen-bond donors (Lipinski definition) is 1. The molecule has 1 saturated carbocycles. The van der Waals surface area contributed by atoms with Gasteiger partial charge in [-0.1, -0.05) is 32.6 Å². The maximum absolute atomic E-state index is 12.1. The van der Waals surface area contributed by atoms with Crippen molar-refractivity contribution in [3.05, 3.63) is 0 Å². The van der Waals surface area contributed by atoms with Gasteiger partial charge in [-0.15, -0.1) is 0 Å². The molecule has 0 aromatic heterocycles. The zero-order valence-corrected chi connectivity index (χ0v) is 9.67. The fourth-order valence-corrected chi connectivity index (χ4v) is 2.73. The highest BCUT2D eigenvalue weighted by Crippen LogP contribution is 2.25. The van der Waals surface area contributed by atoms with Crippen LogP contribution in [0.1, 0.15) is 51.9 Å². The zero-order valence-electron chi connectivity index (χ0n) is 9.67. The first-order valence-electron chi connectivity index (χ1n) is 6.36. The van der Waals surface area contributed by atoms with Gasteiger partial charge in [-0.05, 0) is 19.3 Å². The van der Waals surface area contributed by atoms with E-state index >= 15 is 0 Å². The quantitative estimate of drug-likeness (QED) is 0.768. The predicted octanol–water partition coefficient (Wildman–Crippen LogP) is 1.88. The standard InChI is InChI=1S/C12H22N2O/c1-2-3-8-11-12(15)14(9-13-11)10-6-4-5-7-10/h10-11,13H,2-9H2,1H3. The van der Waals surface area contributed by atoms with Crippen molar-refractivity contribution in [2.75, 3.05) is 6.67 Å². The Bertz CT molecular complexity index is 224. The molecule has 1 unspecified atom stereocenters. The van der Waals surface area contributed by atoms with Crippen LogP contribution in [0.5, 0.6) is 0 Å². The Morgan fingerprint density at radius 1 is 1.40 bits per heavy atom. The minimum atomic E-state index is 0.116. The summed E-state index contributed by atoms with van der Waals surface area (Å²) in [5.74, 6) is 0.357. The molecule has 0 spiro atoms. The Kier molecular flexibility index (Phi) is 3.62. The zero-order chi connectivity index (χ0) is 10.7. The molecule has 1 saturated heterocycles. The van der Waals surface area contributed by atoms with Crippen molar-refractivity contribution < 1.29 is 4.79 Å². The third-order valence-electron chi connectivity index (χ3n) is 3.70. The van der Waals surface area contributed by atoms with Crippen LogP contribution in [0.3, 0.4) is 0 Å². The number of nitrogens with one attached hydrogen (secondary N) is 1. The third kappa shape index (κ3) is 2.33. The third-order valence-corrected chi connectivity index (χ3v) is 3.70. The van der Waals surface area contributed by atoms with Gasteiger partial charge >= 0.3 is 0 Å². The van der Waals surface area contributed by atoms with Gasteiger partial charge in [0.2, 0.25) is 5.91 Å². The number of unbranched alkanes of at least 4 members (excludes halogenated alkanes) is 1. The van der Waals surface area contributed by atoms with Crippen molar-refractivity contribution in [3.63, 3.8) is 0 Å². The van der Waals surface area contributed by atoms with Crippen LogP contribution < -0.4 is 5.32 Å². The lowest BCUT2D eigenvalue weighted by atomic mass is 10.1. The fraction of sp³-hybridized carbons (Fsp3) is 0.917. The van der Waals surface area contributed by atoms with Crippen molar-refractivity contribution in [2.24, 2.45) is 0 Å². The first-order chi connectivity index (χ1) is 7.33. The average Bonchev–Trinajstić information content (AvgIpc) is 2.84. The molecular formula is C12H22N2O. The van der Waals surface area contributed by atoms with E-state index in [1.807, 2.05) is 0 Å². The van der Waals surface area contributed by atoms with Crippen LogP contribution in [0.15, 0.2) is 0 Å². The maximum atomic E-state index is 12.1. The van der Waals surface area contributed by atoms with Crippen LogP contribution in [-0.4, -0.2) is 29.6 Å². The van der Waals surface area contributed by atoms with E-state index < -0.39 is 0 Å². The van der Waals surface area contributed by atoms with Gasteiger partial charge in [-0.3, -0.25) is 10.1 Å². The Morgan fingerprint density at radius 2 is 2.13 bits per heavy atom. The summed E-state index contributed by atoms with van der Waals surface area (Å²) in [7, 11) is 0. The molecule has 0 bridgehead atoms. The van der Waals surface area contributed by atoms with Gasteiger partial charge in [0.25, 0.3) is 0 Å². The van der Waals surface area contributed by atoms with Crippen LogP contribution in [0.25, 0.3) is 0 Å². The van der Waals surface area contributed by atoms with Gasteiger partial charge < -0.3 is 4.90 Å². The van der Waals surface area contributed by atoms with Gasteiger partial charge in [-0.25, -0.2) is 0 Å². The largest absolute Gasteiger partial charge is 0.326 e. The number of carbonyl (C=O) groups excluding carboxylic acids is 1. The minimum absolute atomic E-state index is 0.116. The predicted molar refractivity (Wildman–Crippen MR) is 60.4 cm³/mol. The number of nitrogens with zero attached hydrogens (tertiary/aromatic N) is 1. The van der Waals surface area contributed by atoms with Crippen LogP contribution in [0, 0.1) is 0 Å². The van der Waals surface area contributed by atoms with Gasteiger partial charge in [-0.2, -0.15) is 0 Å². The monoisotopic (exact) mass is 210 g/mol. The van der Waals surface area contributed by atoms with Crippen LogP contribution in [-0.2, 0) is 4.79 Å². The summed E-state index contributed by atoms with van der Waals surface area (Å²) in [6.07, 6.45) is 8.37. The molecule has 1 heterocycles. The van der Waals surface area contributed by atoms with E-state index in [2.05, 4.69) is 17.1 Å². The second-order valence-corrected chi connectivity index (χ2v) is 4.80. The summed E-state index contributed by atoms with van der Waals surface area (Å²) in [6, 6.07) is 0.655. The number of amides is 1. The van der Waals surface area contributed by atoms with E-state index in [0.29, 0.717) is 11.9 Å². The summed E-state index contributed by atoms with van der Waals surface area (Å²) in [5, 5.41) is 3.34. The van der Waals surface area contributed by atoms with Gasteiger partial charge in [0.05, 0.1) is 12.7 Å². The van der Waals surface area contributed by atoms with Crippen molar-refractivity contribution in [3.8, 4) is 0 Å². The van der Waals surface area contributed by atoms with Crippen molar-refractivity contribution in [1.29, 1.82) is 0 Å². The lowest BCUT2D eigenvalue weighted by Gasteiger charge is -2.22. The topological polar surface area (TPSA) is 32.3 Å². The molecule has 3 nitrogen and oxygen atoms in total. The van der Waals surface area contributed by atoms with Gasteiger partial charge in [0.15, 0.2) is 0 Å². The molecule has 1 aliphatic carbocycles. The maximum Gasteiger partial charge on any atom is 0.241 e. The summed E-state index contributed by atoms with van der Waals surface area (Å²) in [4.78, 5) is 14.1. The molecule has 1 aliphatic heterocycles. The average molecular weight is 210 g/mol. The molecule has 2 aliphatic rings.